The molecular formula is C20H16BrN5O2. The normalized spacial score (nSPS) is 11.2. The third-order valence-electron chi connectivity index (χ3n) is 4.13. The molecule has 28 heavy (non-hydrogen) atoms. The second-order valence-corrected chi connectivity index (χ2v) is 6.96. The summed E-state index contributed by atoms with van der Waals surface area (Å²) in [6, 6.07) is 17.0. The lowest BCUT2D eigenvalue weighted by molar-refractivity contribution is 0.321. The summed E-state index contributed by atoms with van der Waals surface area (Å²) in [5, 5.41) is 14.9. The van der Waals surface area contributed by atoms with E-state index in [1.54, 1.807) is 18.3 Å². The molecule has 0 unspecified atom stereocenters. The Morgan fingerprint density at radius 3 is 2.68 bits per heavy atom. The van der Waals surface area contributed by atoms with Crippen molar-refractivity contribution in [3.05, 3.63) is 71.0 Å². The summed E-state index contributed by atoms with van der Waals surface area (Å²) in [6.07, 6.45) is 2.83. The molecule has 0 bridgehead atoms. The number of fused-ring (bicyclic) bond motifs is 1. The number of imidazole rings is 1. The fraction of sp³-hybridized carbons (Fsp3) is 0.0500. The maximum Gasteiger partial charge on any atom is 0.208 e. The van der Waals surface area contributed by atoms with Gasteiger partial charge in [0.05, 0.1) is 22.9 Å². The Labute approximate surface area is 169 Å². The Kier molecular flexibility index (Phi) is 4.94. The van der Waals surface area contributed by atoms with Gasteiger partial charge in [-0.25, -0.2) is 4.98 Å². The van der Waals surface area contributed by atoms with Gasteiger partial charge < -0.3 is 19.8 Å². The first-order valence-electron chi connectivity index (χ1n) is 8.43. The van der Waals surface area contributed by atoms with Crippen molar-refractivity contribution in [2.45, 2.75) is 0 Å². The average Bonchev–Trinajstić information content (AvgIpc) is 2.99. The molecule has 2 N–H and O–H groups in total. The molecule has 2 aromatic heterocycles. The second kappa shape index (κ2) is 7.69. The topological polar surface area (TPSA) is 84.6 Å². The molecular weight excluding hydrogens is 422 g/mol. The van der Waals surface area contributed by atoms with Crippen LogP contribution in [0, 0.1) is 0 Å². The minimum Gasteiger partial charge on any atom is -0.457 e. The molecule has 4 aromatic rings. The van der Waals surface area contributed by atoms with Crippen LogP contribution in [-0.4, -0.2) is 26.0 Å². The number of anilines is 2. The van der Waals surface area contributed by atoms with Gasteiger partial charge in [0, 0.05) is 35.5 Å². The zero-order valence-corrected chi connectivity index (χ0v) is 16.5. The summed E-state index contributed by atoms with van der Waals surface area (Å²) in [5.74, 6) is 1.98. The Hall–Kier alpha value is -3.39. The number of nitrogens with one attached hydrogen (secondary N) is 1. The van der Waals surface area contributed by atoms with Crippen LogP contribution < -0.4 is 10.1 Å². The molecule has 0 atom stereocenters. The van der Waals surface area contributed by atoms with E-state index in [1.165, 1.54) is 6.21 Å². The molecule has 0 amide bonds. The van der Waals surface area contributed by atoms with Crippen LogP contribution in [0.15, 0.2) is 70.4 Å². The molecule has 0 aliphatic heterocycles. The summed E-state index contributed by atoms with van der Waals surface area (Å²) in [6.45, 7) is 0. The third-order valence-corrected chi connectivity index (χ3v) is 4.66. The van der Waals surface area contributed by atoms with E-state index < -0.39 is 0 Å². The van der Waals surface area contributed by atoms with E-state index in [-0.39, 0.29) is 0 Å². The van der Waals surface area contributed by atoms with Crippen molar-refractivity contribution >= 4 is 44.8 Å². The Balaban J connectivity index is 1.60. The van der Waals surface area contributed by atoms with Crippen LogP contribution in [0.4, 0.5) is 11.6 Å². The first kappa shape index (κ1) is 18.0. The number of ether oxygens (including phenoxy) is 1. The van der Waals surface area contributed by atoms with Gasteiger partial charge in [0.2, 0.25) is 5.95 Å². The van der Waals surface area contributed by atoms with Gasteiger partial charge in [0.25, 0.3) is 0 Å². The van der Waals surface area contributed by atoms with Crippen molar-refractivity contribution < 1.29 is 9.94 Å². The highest BCUT2D eigenvalue weighted by Gasteiger charge is 2.10. The highest BCUT2D eigenvalue weighted by Crippen LogP contribution is 2.28. The quantitative estimate of drug-likeness (QED) is 0.258. The first-order chi connectivity index (χ1) is 13.6. The van der Waals surface area contributed by atoms with E-state index in [1.807, 2.05) is 54.1 Å². The zero-order chi connectivity index (χ0) is 19.5. The highest BCUT2D eigenvalue weighted by atomic mass is 79.9. The van der Waals surface area contributed by atoms with Crippen LogP contribution in [0.1, 0.15) is 5.69 Å². The monoisotopic (exact) mass is 437 g/mol. The number of halogens is 1. The smallest absolute Gasteiger partial charge is 0.208 e. The van der Waals surface area contributed by atoms with Crippen LogP contribution in [0.5, 0.6) is 11.5 Å². The molecule has 7 nitrogen and oxygen atoms in total. The van der Waals surface area contributed by atoms with Gasteiger partial charge in [0.1, 0.15) is 11.5 Å². The number of nitrogens with zero attached hydrogens (tertiary/aromatic N) is 4. The zero-order valence-electron chi connectivity index (χ0n) is 14.9. The van der Waals surface area contributed by atoms with Crippen LogP contribution in [0.2, 0.25) is 0 Å². The number of pyridine rings is 1. The second-order valence-electron chi connectivity index (χ2n) is 6.04. The number of oxime groups is 1. The summed E-state index contributed by atoms with van der Waals surface area (Å²) in [7, 11) is 1.96. The fourth-order valence-electron chi connectivity index (χ4n) is 2.77. The Morgan fingerprint density at radius 1 is 1.11 bits per heavy atom. The largest absolute Gasteiger partial charge is 0.457 e. The number of hydrogen-bond donors (Lipinski definition) is 2. The number of benzene rings is 2. The van der Waals surface area contributed by atoms with Crippen molar-refractivity contribution in [3.8, 4) is 11.5 Å². The summed E-state index contributed by atoms with van der Waals surface area (Å²) < 4.78 is 8.91. The molecule has 0 aliphatic rings. The molecule has 0 spiro atoms. The van der Waals surface area contributed by atoms with E-state index in [4.69, 9.17) is 9.94 Å². The third kappa shape index (κ3) is 3.81. The molecule has 140 valence electrons. The van der Waals surface area contributed by atoms with Crippen LogP contribution in [0.25, 0.3) is 11.0 Å². The van der Waals surface area contributed by atoms with Crippen molar-refractivity contribution in [3.63, 3.8) is 0 Å². The minimum atomic E-state index is 0.500. The molecule has 2 heterocycles. The predicted octanol–water partition coefficient (Wildman–Crippen LogP) is 5.07. The lowest BCUT2D eigenvalue weighted by Crippen LogP contribution is -1.98. The van der Waals surface area contributed by atoms with Gasteiger partial charge in [-0.1, -0.05) is 21.1 Å². The van der Waals surface area contributed by atoms with Gasteiger partial charge >= 0.3 is 0 Å². The summed E-state index contributed by atoms with van der Waals surface area (Å²) >= 11 is 3.44. The fourth-order valence-corrected chi connectivity index (χ4v) is 3.04. The molecule has 0 saturated carbocycles. The molecule has 0 saturated heterocycles. The van der Waals surface area contributed by atoms with Crippen LogP contribution >= 0.6 is 15.9 Å². The molecule has 0 aliphatic carbocycles. The standard InChI is InChI=1S/C20H16BrN5O2/c1-26-19-7-6-16(28-17-8-9-22-15(10-17)12-23-27)11-18(19)25-20(26)24-14-4-2-13(21)3-5-14/h2-12,27H,1H3,(H,24,25). The summed E-state index contributed by atoms with van der Waals surface area (Å²) in [4.78, 5) is 8.74. The molecule has 8 heteroatoms. The maximum absolute atomic E-state index is 8.64. The van der Waals surface area contributed by atoms with Crippen molar-refractivity contribution in [2.75, 3.05) is 5.32 Å². The summed E-state index contributed by atoms with van der Waals surface area (Å²) in [5.41, 5.74) is 3.24. The van der Waals surface area contributed by atoms with Gasteiger partial charge in [-0.2, -0.15) is 0 Å². The molecule has 0 radical (unpaired) electrons. The van der Waals surface area contributed by atoms with E-state index in [2.05, 4.69) is 36.4 Å². The van der Waals surface area contributed by atoms with Gasteiger partial charge in [-0.3, -0.25) is 4.98 Å². The lowest BCUT2D eigenvalue weighted by Gasteiger charge is -2.07. The van der Waals surface area contributed by atoms with Crippen molar-refractivity contribution in [1.29, 1.82) is 0 Å². The van der Waals surface area contributed by atoms with E-state index in [9.17, 15) is 0 Å². The van der Waals surface area contributed by atoms with Crippen LogP contribution in [0.3, 0.4) is 0 Å². The maximum atomic E-state index is 8.64. The number of rotatable bonds is 5. The number of aryl methyl sites for hydroxylation is 1. The lowest BCUT2D eigenvalue weighted by atomic mass is 10.3. The number of aromatic nitrogens is 3. The number of hydrogen-bond acceptors (Lipinski definition) is 6. The van der Waals surface area contributed by atoms with E-state index in [0.29, 0.717) is 17.2 Å². The average molecular weight is 438 g/mol. The van der Waals surface area contributed by atoms with E-state index in [0.717, 1.165) is 27.1 Å². The van der Waals surface area contributed by atoms with Gasteiger partial charge in [0.15, 0.2) is 0 Å². The Bertz CT molecular complexity index is 1160. The van der Waals surface area contributed by atoms with Gasteiger partial charge in [-0.05, 0) is 42.5 Å². The highest BCUT2D eigenvalue weighted by molar-refractivity contribution is 9.10. The van der Waals surface area contributed by atoms with Crippen molar-refractivity contribution in [2.24, 2.45) is 12.2 Å². The molecule has 0 fully saturated rings. The predicted molar refractivity (Wildman–Crippen MR) is 112 cm³/mol. The van der Waals surface area contributed by atoms with Gasteiger partial charge in [-0.15, -0.1) is 0 Å². The van der Waals surface area contributed by atoms with Crippen LogP contribution in [-0.2, 0) is 7.05 Å². The molecule has 4 rings (SSSR count). The SMILES string of the molecule is Cn1c(Nc2ccc(Br)cc2)nc2cc(Oc3ccnc(C=NO)c3)ccc21. The minimum absolute atomic E-state index is 0.500. The Morgan fingerprint density at radius 2 is 1.89 bits per heavy atom. The molecule has 2 aromatic carbocycles. The first-order valence-corrected chi connectivity index (χ1v) is 9.22. The van der Waals surface area contributed by atoms with Crippen molar-refractivity contribution in [1.82, 2.24) is 14.5 Å². The van der Waals surface area contributed by atoms with E-state index >= 15 is 0 Å².